The lowest BCUT2D eigenvalue weighted by molar-refractivity contribution is 0.514. The Morgan fingerprint density at radius 3 is 2.54 bits per heavy atom. The van der Waals surface area contributed by atoms with E-state index in [9.17, 15) is 0 Å². The van der Waals surface area contributed by atoms with Gasteiger partial charge in [-0.05, 0) is 30.3 Å². The van der Waals surface area contributed by atoms with Gasteiger partial charge in [0.25, 0.3) is 0 Å². The fraction of sp³-hybridized carbons (Fsp3) is 1.00. The van der Waals surface area contributed by atoms with Crippen molar-refractivity contribution in [3.63, 3.8) is 0 Å². The molecular formula is C11H22S2. The molecule has 1 saturated carbocycles. The van der Waals surface area contributed by atoms with Crippen LogP contribution in [-0.4, -0.2) is 16.8 Å². The lowest BCUT2D eigenvalue weighted by atomic mass is 10.0. The molecule has 0 aromatic carbocycles. The van der Waals surface area contributed by atoms with E-state index in [-0.39, 0.29) is 0 Å². The summed E-state index contributed by atoms with van der Waals surface area (Å²) in [7, 11) is 0. The van der Waals surface area contributed by atoms with Gasteiger partial charge in [-0.1, -0.05) is 32.6 Å². The van der Waals surface area contributed by atoms with Gasteiger partial charge < -0.3 is 0 Å². The summed E-state index contributed by atoms with van der Waals surface area (Å²) < 4.78 is 0. The van der Waals surface area contributed by atoms with E-state index in [4.69, 9.17) is 0 Å². The maximum atomic E-state index is 4.38. The Bertz CT molecular complexity index is 115. The Morgan fingerprint density at radius 1 is 1.31 bits per heavy atom. The zero-order chi connectivity index (χ0) is 9.52. The predicted molar refractivity (Wildman–Crippen MR) is 67.0 cm³/mol. The molecule has 0 spiro atoms. The van der Waals surface area contributed by atoms with E-state index in [1.807, 2.05) is 0 Å². The molecule has 0 nitrogen and oxygen atoms in total. The molecule has 0 heterocycles. The summed E-state index contributed by atoms with van der Waals surface area (Å²) in [6.07, 6.45) is 8.63. The Labute approximate surface area is 92.7 Å². The highest BCUT2D eigenvalue weighted by molar-refractivity contribution is 7.99. The standard InChI is InChI=1S/C11H22S2/c1-2-10(8-12)9-13-11-6-4-3-5-7-11/h10-12H,2-9H2,1H3. The van der Waals surface area contributed by atoms with E-state index < -0.39 is 0 Å². The minimum absolute atomic E-state index is 0.843. The van der Waals surface area contributed by atoms with Crippen LogP contribution in [-0.2, 0) is 0 Å². The highest BCUT2D eigenvalue weighted by Crippen LogP contribution is 2.30. The minimum Gasteiger partial charge on any atom is -0.179 e. The third-order valence-corrected chi connectivity index (χ3v) is 5.08. The largest absolute Gasteiger partial charge is 0.179 e. The van der Waals surface area contributed by atoms with Crippen LogP contribution >= 0.6 is 24.4 Å². The van der Waals surface area contributed by atoms with Crippen molar-refractivity contribution in [3.8, 4) is 0 Å². The summed E-state index contributed by atoms with van der Waals surface area (Å²) in [6, 6.07) is 0. The first kappa shape index (κ1) is 11.8. The fourth-order valence-electron chi connectivity index (χ4n) is 1.80. The average molecular weight is 218 g/mol. The minimum atomic E-state index is 0.843. The smallest absolute Gasteiger partial charge is 0.00471 e. The summed E-state index contributed by atoms with van der Waals surface area (Å²) in [5.41, 5.74) is 0. The van der Waals surface area contributed by atoms with E-state index >= 15 is 0 Å². The molecule has 1 fully saturated rings. The highest BCUT2D eigenvalue weighted by Gasteiger charge is 2.15. The van der Waals surface area contributed by atoms with Gasteiger partial charge in [0.1, 0.15) is 0 Å². The molecule has 1 atom stereocenters. The average Bonchev–Trinajstić information content (AvgIpc) is 2.21. The molecule has 2 heteroatoms. The molecule has 0 aromatic heterocycles. The first-order valence-electron chi connectivity index (χ1n) is 5.59. The molecule has 1 aliphatic rings. The van der Waals surface area contributed by atoms with Crippen molar-refractivity contribution in [1.29, 1.82) is 0 Å². The van der Waals surface area contributed by atoms with E-state index in [0.717, 1.165) is 16.9 Å². The van der Waals surface area contributed by atoms with Crippen LogP contribution in [0.4, 0.5) is 0 Å². The summed E-state index contributed by atoms with van der Waals surface area (Å²) in [5, 5.41) is 0.975. The SMILES string of the molecule is CCC(CS)CSC1CCCCC1. The predicted octanol–water partition coefficient (Wildman–Crippen LogP) is 4.01. The van der Waals surface area contributed by atoms with E-state index in [2.05, 4.69) is 31.3 Å². The molecular weight excluding hydrogens is 196 g/mol. The van der Waals surface area contributed by atoms with Crippen LogP contribution in [0.15, 0.2) is 0 Å². The maximum Gasteiger partial charge on any atom is 0.00471 e. The summed E-state index contributed by atoms with van der Waals surface area (Å²) in [4.78, 5) is 0. The zero-order valence-corrected chi connectivity index (χ0v) is 10.4. The number of rotatable bonds is 5. The molecule has 0 N–H and O–H groups in total. The van der Waals surface area contributed by atoms with Gasteiger partial charge in [-0.15, -0.1) is 0 Å². The zero-order valence-electron chi connectivity index (χ0n) is 8.67. The van der Waals surface area contributed by atoms with E-state index in [1.54, 1.807) is 0 Å². The number of thiol groups is 1. The third-order valence-electron chi connectivity index (χ3n) is 2.96. The van der Waals surface area contributed by atoms with Gasteiger partial charge in [0.2, 0.25) is 0 Å². The maximum absolute atomic E-state index is 4.38. The van der Waals surface area contributed by atoms with Crippen molar-refractivity contribution in [1.82, 2.24) is 0 Å². The molecule has 0 amide bonds. The van der Waals surface area contributed by atoms with Crippen LogP contribution in [0.2, 0.25) is 0 Å². The monoisotopic (exact) mass is 218 g/mol. The van der Waals surface area contributed by atoms with Crippen LogP contribution in [0.1, 0.15) is 45.4 Å². The van der Waals surface area contributed by atoms with Crippen molar-refractivity contribution in [3.05, 3.63) is 0 Å². The molecule has 0 saturated heterocycles. The van der Waals surface area contributed by atoms with Gasteiger partial charge in [0, 0.05) is 5.25 Å². The number of hydrogen-bond donors (Lipinski definition) is 1. The van der Waals surface area contributed by atoms with Crippen molar-refractivity contribution in [2.45, 2.75) is 50.7 Å². The number of thioether (sulfide) groups is 1. The molecule has 0 radical (unpaired) electrons. The summed E-state index contributed by atoms with van der Waals surface area (Å²) >= 11 is 6.59. The molecule has 1 rings (SSSR count). The normalized spacial score (nSPS) is 21.7. The quantitative estimate of drug-likeness (QED) is 0.680. The molecule has 0 bridgehead atoms. The molecule has 78 valence electrons. The van der Waals surface area contributed by atoms with Gasteiger partial charge in [-0.2, -0.15) is 24.4 Å². The Kier molecular flexibility index (Phi) is 6.39. The van der Waals surface area contributed by atoms with Gasteiger partial charge in [0.15, 0.2) is 0 Å². The van der Waals surface area contributed by atoms with Gasteiger partial charge in [0.05, 0.1) is 0 Å². The second kappa shape index (κ2) is 7.05. The van der Waals surface area contributed by atoms with Crippen LogP contribution in [0.25, 0.3) is 0 Å². The lowest BCUT2D eigenvalue weighted by Gasteiger charge is -2.22. The Hall–Kier alpha value is 0.700. The first-order valence-corrected chi connectivity index (χ1v) is 7.27. The second-order valence-corrected chi connectivity index (χ2v) is 5.75. The van der Waals surface area contributed by atoms with Crippen molar-refractivity contribution < 1.29 is 0 Å². The van der Waals surface area contributed by atoms with Crippen LogP contribution in [0.5, 0.6) is 0 Å². The molecule has 13 heavy (non-hydrogen) atoms. The highest BCUT2D eigenvalue weighted by atomic mass is 32.2. The lowest BCUT2D eigenvalue weighted by Crippen LogP contribution is -2.12. The molecule has 0 aliphatic heterocycles. The van der Waals surface area contributed by atoms with Crippen molar-refractivity contribution >= 4 is 24.4 Å². The van der Waals surface area contributed by atoms with Gasteiger partial charge >= 0.3 is 0 Å². The van der Waals surface area contributed by atoms with Gasteiger partial charge in [-0.25, -0.2) is 0 Å². The second-order valence-electron chi connectivity index (χ2n) is 4.05. The van der Waals surface area contributed by atoms with Crippen molar-refractivity contribution in [2.75, 3.05) is 11.5 Å². The van der Waals surface area contributed by atoms with Crippen LogP contribution in [0.3, 0.4) is 0 Å². The van der Waals surface area contributed by atoms with Crippen LogP contribution < -0.4 is 0 Å². The molecule has 1 unspecified atom stereocenters. The third kappa shape index (κ3) is 4.64. The van der Waals surface area contributed by atoms with Crippen LogP contribution in [0, 0.1) is 5.92 Å². The molecule has 0 aromatic rings. The van der Waals surface area contributed by atoms with Gasteiger partial charge in [-0.3, -0.25) is 0 Å². The number of hydrogen-bond acceptors (Lipinski definition) is 2. The van der Waals surface area contributed by atoms with E-state index in [0.29, 0.717) is 0 Å². The van der Waals surface area contributed by atoms with E-state index in [1.165, 1.54) is 44.3 Å². The Morgan fingerprint density at radius 2 is 2.00 bits per heavy atom. The topological polar surface area (TPSA) is 0 Å². The molecule has 1 aliphatic carbocycles. The Balaban J connectivity index is 2.09. The fourth-order valence-corrected chi connectivity index (χ4v) is 3.93. The summed E-state index contributed by atoms with van der Waals surface area (Å²) in [5.74, 6) is 3.25. The van der Waals surface area contributed by atoms with Crippen molar-refractivity contribution in [2.24, 2.45) is 5.92 Å². The summed E-state index contributed by atoms with van der Waals surface area (Å²) in [6.45, 7) is 2.28. The first-order chi connectivity index (χ1) is 6.36.